The van der Waals surface area contributed by atoms with Crippen LogP contribution in [0.1, 0.15) is 11.1 Å². The number of fused-ring (bicyclic) bond motifs is 3. The highest BCUT2D eigenvalue weighted by molar-refractivity contribution is 5.98. The average Bonchev–Trinajstić information content (AvgIpc) is 2.27. The molecule has 0 atom stereocenters. The van der Waals surface area contributed by atoms with Crippen LogP contribution in [0.15, 0.2) is 36.7 Å². The quantitative estimate of drug-likeness (QED) is 0.475. The Morgan fingerprint density at radius 2 is 1.83 bits per heavy atom. The minimum Gasteiger partial charge on any atom is -0.502 e. The van der Waals surface area contributed by atoms with Gasteiger partial charge in [-0.3, -0.25) is 0 Å². The summed E-state index contributed by atoms with van der Waals surface area (Å²) in [7, 11) is 0. The standard InChI is InChI=1S/C15H12FNO/c1-9-5-10(2)15-13-6-11(16)3-4-12(13)14(18)8-17(15)7-9/h3-8H,1-2H3/p+1. The molecule has 3 heteroatoms. The molecule has 0 saturated heterocycles. The molecule has 2 heterocycles. The van der Waals surface area contributed by atoms with E-state index < -0.39 is 0 Å². The van der Waals surface area contributed by atoms with E-state index >= 15 is 0 Å². The maximum atomic E-state index is 13.4. The molecule has 0 fully saturated rings. The van der Waals surface area contributed by atoms with Gasteiger partial charge in [0, 0.05) is 16.5 Å². The van der Waals surface area contributed by atoms with E-state index in [-0.39, 0.29) is 11.6 Å². The van der Waals surface area contributed by atoms with Crippen molar-refractivity contribution in [3.8, 4) is 5.75 Å². The molecule has 0 aliphatic rings. The van der Waals surface area contributed by atoms with Gasteiger partial charge in [-0.1, -0.05) is 0 Å². The number of pyridine rings is 2. The van der Waals surface area contributed by atoms with Crippen molar-refractivity contribution < 1.29 is 13.9 Å². The molecule has 2 nitrogen and oxygen atoms in total. The molecule has 0 unspecified atom stereocenters. The Labute approximate surface area is 104 Å². The molecule has 0 amide bonds. The largest absolute Gasteiger partial charge is 0.502 e. The van der Waals surface area contributed by atoms with E-state index in [1.165, 1.54) is 12.1 Å². The Morgan fingerprint density at radius 3 is 2.61 bits per heavy atom. The zero-order chi connectivity index (χ0) is 12.9. The van der Waals surface area contributed by atoms with Crippen molar-refractivity contribution in [3.63, 3.8) is 0 Å². The summed E-state index contributed by atoms with van der Waals surface area (Å²) in [5, 5.41) is 11.4. The summed E-state index contributed by atoms with van der Waals surface area (Å²) in [5.74, 6) is -0.137. The molecule has 1 aromatic carbocycles. The summed E-state index contributed by atoms with van der Waals surface area (Å²) in [5.41, 5.74) is 3.08. The predicted molar refractivity (Wildman–Crippen MR) is 68.2 cm³/mol. The highest BCUT2D eigenvalue weighted by Crippen LogP contribution is 2.27. The van der Waals surface area contributed by atoms with Gasteiger partial charge in [0.1, 0.15) is 5.82 Å². The first-order valence-corrected chi connectivity index (χ1v) is 5.80. The number of nitrogens with zero attached hydrogens (tertiary/aromatic N) is 1. The van der Waals surface area contributed by atoms with Crippen molar-refractivity contribution in [2.45, 2.75) is 13.8 Å². The molecule has 0 bridgehead atoms. The fourth-order valence-electron chi connectivity index (χ4n) is 2.53. The number of aromatic nitrogens is 1. The van der Waals surface area contributed by atoms with Crippen LogP contribution in [0.4, 0.5) is 4.39 Å². The van der Waals surface area contributed by atoms with Gasteiger partial charge >= 0.3 is 0 Å². The molecule has 18 heavy (non-hydrogen) atoms. The van der Waals surface area contributed by atoms with Crippen LogP contribution in [0.2, 0.25) is 0 Å². The molecule has 1 N–H and O–H groups in total. The lowest BCUT2D eigenvalue weighted by Crippen LogP contribution is -2.22. The van der Waals surface area contributed by atoms with Crippen LogP contribution in [0.25, 0.3) is 16.3 Å². The van der Waals surface area contributed by atoms with Crippen molar-refractivity contribution in [2.75, 3.05) is 0 Å². The van der Waals surface area contributed by atoms with Gasteiger partial charge in [-0.25, -0.2) is 4.39 Å². The number of hydrogen-bond acceptors (Lipinski definition) is 1. The molecule has 0 saturated carbocycles. The van der Waals surface area contributed by atoms with Crippen molar-refractivity contribution in [3.05, 3.63) is 53.6 Å². The van der Waals surface area contributed by atoms with Crippen LogP contribution < -0.4 is 4.40 Å². The van der Waals surface area contributed by atoms with Crippen LogP contribution in [0, 0.1) is 19.7 Å². The third-order valence-electron chi connectivity index (χ3n) is 3.19. The first-order chi connectivity index (χ1) is 8.56. The fraction of sp³-hybridized carbons (Fsp3) is 0.133. The third kappa shape index (κ3) is 1.51. The molecule has 2 aromatic heterocycles. The van der Waals surface area contributed by atoms with E-state index in [4.69, 9.17) is 0 Å². The Hall–Kier alpha value is -2.16. The fourth-order valence-corrected chi connectivity index (χ4v) is 2.53. The SMILES string of the molecule is Cc1cc(C)c2c3cc(F)ccc3c(O)c[n+]2c1. The molecular formula is C15H13FNO+. The van der Waals surface area contributed by atoms with E-state index in [0.717, 1.165) is 22.0 Å². The lowest BCUT2D eigenvalue weighted by Gasteiger charge is -2.04. The minimum atomic E-state index is -0.296. The Kier molecular flexibility index (Phi) is 2.23. The van der Waals surface area contributed by atoms with E-state index in [1.807, 2.05) is 24.4 Å². The maximum absolute atomic E-state index is 13.4. The van der Waals surface area contributed by atoms with Gasteiger partial charge in [-0.15, -0.1) is 0 Å². The first-order valence-electron chi connectivity index (χ1n) is 5.80. The normalized spacial score (nSPS) is 11.3. The second-order valence-corrected chi connectivity index (χ2v) is 4.66. The number of halogens is 1. The van der Waals surface area contributed by atoms with Crippen molar-refractivity contribution in [1.82, 2.24) is 0 Å². The van der Waals surface area contributed by atoms with E-state index in [9.17, 15) is 9.50 Å². The van der Waals surface area contributed by atoms with Gasteiger partial charge in [0.25, 0.3) is 0 Å². The zero-order valence-corrected chi connectivity index (χ0v) is 10.2. The smallest absolute Gasteiger partial charge is 0.221 e. The van der Waals surface area contributed by atoms with Crippen LogP contribution in [0.3, 0.4) is 0 Å². The lowest BCUT2D eigenvalue weighted by atomic mass is 10.1. The molecule has 0 aliphatic heterocycles. The van der Waals surface area contributed by atoms with Crippen molar-refractivity contribution >= 4 is 16.3 Å². The summed E-state index contributed by atoms with van der Waals surface area (Å²) < 4.78 is 15.3. The van der Waals surface area contributed by atoms with E-state index in [0.29, 0.717) is 5.39 Å². The van der Waals surface area contributed by atoms with Gasteiger partial charge in [-0.2, -0.15) is 4.40 Å². The Morgan fingerprint density at radius 1 is 1.06 bits per heavy atom. The van der Waals surface area contributed by atoms with Gasteiger partial charge in [-0.05, 0) is 38.1 Å². The minimum absolute atomic E-state index is 0.160. The molecule has 0 spiro atoms. The first kappa shape index (κ1) is 11.0. The van der Waals surface area contributed by atoms with E-state index in [2.05, 4.69) is 6.07 Å². The summed E-state index contributed by atoms with van der Waals surface area (Å²) in [6.07, 6.45) is 3.59. The van der Waals surface area contributed by atoms with Crippen molar-refractivity contribution in [2.24, 2.45) is 0 Å². The van der Waals surface area contributed by atoms with Gasteiger partial charge in [0.2, 0.25) is 11.7 Å². The topological polar surface area (TPSA) is 24.3 Å². The van der Waals surface area contributed by atoms with E-state index in [1.54, 1.807) is 12.3 Å². The molecule has 3 aromatic rings. The number of benzene rings is 1. The second kappa shape index (κ2) is 3.67. The molecule has 0 radical (unpaired) electrons. The van der Waals surface area contributed by atoms with Gasteiger partial charge in [0.15, 0.2) is 11.9 Å². The number of hydrogen-bond donors (Lipinski definition) is 1. The van der Waals surface area contributed by atoms with Crippen molar-refractivity contribution in [1.29, 1.82) is 0 Å². The lowest BCUT2D eigenvalue weighted by molar-refractivity contribution is -0.512. The van der Waals surface area contributed by atoms with Crippen LogP contribution in [-0.2, 0) is 0 Å². The van der Waals surface area contributed by atoms with Gasteiger partial charge in [0.05, 0.1) is 5.39 Å². The zero-order valence-electron chi connectivity index (χ0n) is 10.2. The molecule has 3 rings (SSSR count). The van der Waals surface area contributed by atoms with Crippen LogP contribution in [0.5, 0.6) is 5.75 Å². The number of aromatic hydroxyl groups is 1. The second-order valence-electron chi connectivity index (χ2n) is 4.66. The third-order valence-corrected chi connectivity index (χ3v) is 3.19. The molecule has 90 valence electrons. The highest BCUT2D eigenvalue weighted by Gasteiger charge is 2.16. The monoisotopic (exact) mass is 242 g/mol. The maximum Gasteiger partial charge on any atom is 0.221 e. The Balaban J connectivity index is 2.62. The number of rotatable bonds is 0. The highest BCUT2D eigenvalue weighted by atomic mass is 19.1. The van der Waals surface area contributed by atoms with Crippen LogP contribution in [-0.4, -0.2) is 5.11 Å². The molecular weight excluding hydrogens is 229 g/mol. The summed E-state index contributed by atoms with van der Waals surface area (Å²) >= 11 is 0. The number of aryl methyl sites for hydroxylation is 2. The summed E-state index contributed by atoms with van der Waals surface area (Å²) in [6, 6.07) is 6.49. The summed E-state index contributed by atoms with van der Waals surface area (Å²) in [6.45, 7) is 3.98. The average molecular weight is 242 g/mol. The predicted octanol–water partition coefficient (Wildman–Crippen LogP) is 3.04. The summed E-state index contributed by atoms with van der Waals surface area (Å²) in [4.78, 5) is 0. The van der Waals surface area contributed by atoms with Crippen LogP contribution >= 0.6 is 0 Å². The van der Waals surface area contributed by atoms with Gasteiger partial charge < -0.3 is 5.11 Å². The molecule has 0 aliphatic carbocycles. The Bertz CT molecular complexity index is 780.